The van der Waals surface area contributed by atoms with Crippen LogP contribution >= 0.6 is 11.6 Å². The zero-order valence-corrected chi connectivity index (χ0v) is 22.8. The molecule has 8 nitrogen and oxygen atoms in total. The molecule has 4 rings (SSSR count). The fourth-order valence-corrected chi connectivity index (χ4v) is 5.06. The van der Waals surface area contributed by atoms with E-state index in [-0.39, 0.29) is 21.5 Å². The van der Waals surface area contributed by atoms with Gasteiger partial charge in [-0.25, -0.2) is 0 Å². The molecule has 2 N–H and O–H groups in total. The maximum absolute atomic E-state index is 13.1. The van der Waals surface area contributed by atoms with Crippen molar-refractivity contribution < 1.29 is 13.2 Å². The van der Waals surface area contributed by atoms with Crippen LogP contribution in [0.15, 0.2) is 98.2 Å². The van der Waals surface area contributed by atoms with Crippen molar-refractivity contribution in [2.45, 2.75) is 17.2 Å². The third-order valence-electron chi connectivity index (χ3n) is 5.53. The Morgan fingerprint density at radius 3 is 2.36 bits per heavy atom. The third kappa shape index (κ3) is 6.14. The molecule has 0 amide bonds. The first-order valence-corrected chi connectivity index (χ1v) is 13.7. The minimum absolute atomic E-state index is 0.00115. The molecule has 0 saturated carbocycles. The summed E-state index contributed by atoms with van der Waals surface area (Å²) in [4.78, 5) is 4.20. The molecule has 0 bridgehead atoms. The van der Waals surface area contributed by atoms with Gasteiger partial charge >= 0.3 is 224 Å². The van der Waals surface area contributed by atoms with Crippen molar-refractivity contribution >= 4 is 54.0 Å². The molecule has 0 aliphatic carbocycles. The molecular weight excluding hydrogens is 565 g/mol. The van der Waals surface area contributed by atoms with E-state index in [1.807, 2.05) is 30.3 Å². The van der Waals surface area contributed by atoms with E-state index in [2.05, 4.69) is 37.5 Å². The summed E-state index contributed by atoms with van der Waals surface area (Å²) in [6, 6.07) is 23.4. The molecule has 0 radical (unpaired) electrons. The number of hydrogen-bond acceptors (Lipinski definition) is 4. The van der Waals surface area contributed by atoms with Crippen LogP contribution in [0.1, 0.15) is 23.5 Å². The number of halogens is 1. The van der Waals surface area contributed by atoms with Gasteiger partial charge in [-0.3, -0.25) is 0 Å². The number of aliphatic imine (C=N–C) groups is 1. The van der Waals surface area contributed by atoms with Gasteiger partial charge in [-0.1, -0.05) is 0 Å². The molecule has 3 aromatic rings. The van der Waals surface area contributed by atoms with E-state index < -0.39 is 10.0 Å². The van der Waals surface area contributed by atoms with E-state index in [0.29, 0.717) is 23.7 Å². The first kappa shape index (κ1) is 25.9. The van der Waals surface area contributed by atoms with Gasteiger partial charge in [-0.05, 0) is 0 Å². The van der Waals surface area contributed by atoms with E-state index in [1.54, 1.807) is 24.3 Å². The van der Waals surface area contributed by atoms with Crippen molar-refractivity contribution in [3.05, 3.63) is 95.0 Å². The molecule has 0 aromatic heterocycles. The van der Waals surface area contributed by atoms with Crippen molar-refractivity contribution in [2.75, 3.05) is 13.7 Å². The number of hydrazone groups is 1. The van der Waals surface area contributed by atoms with Crippen molar-refractivity contribution in [2.24, 2.45) is 20.2 Å². The fourth-order valence-electron chi connectivity index (χ4n) is 3.81. The summed E-state index contributed by atoms with van der Waals surface area (Å²) in [6.07, 6.45) is 0.654. The van der Waals surface area contributed by atoms with Gasteiger partial charge in [-0.15, -0.1) is 0 Å². The van der Waals surface area contributed by atoms with Gasteiger partial charge in [0, 0.05) is 0 Å². The number of nitrogens with two attached hydrogens (primary N) is 1. The van der Waals surface area contributed by atoms with Gasteiger partial charge < -0.3 is 0 Å². The van der Waals surface area contributed by atoms with Crippen LogP contribution < -0.4 is 10.5 Å². The molecule has 1 atom stereocenters. The zero-order chi connectivity index (χ0) is 25.7. The van der Waals surface area contributed by atoms with Gasteiger partial charge in [0.15, 0.2) is 0 Å². The van der Waals surface area contributed by atoms with Gasteiger partial charge in [0.05, 0.1) is 0 Å². The predicted octanol–water partition coefficient (Wildman–Crippen LogP) is 3.50. The number of guanidine groups is 1. The van der Waals surface area contributed by atoms with Crippen LogP contribution in [-0.4, -0.2) is 59.5 Å². The second kappa shape index (κ2) is 11.3. The van der Waals surface area contributed by atoms with Crippen molar-refractivity contribution in [1.29, 1.82) is 0 Å². The second-order valence-electron chi connectivity index (χ2n) is 7.88. The Balaban J connectivity index is 1.79. The van der Waals surface area contributed by atoms with Gasteiger partial charge in [0.2, 0.25) is 0 Å². The van der Waals surface area contributed by atoms with E-state index in [1.165, 1.54) is 24.3 Å². The fraction of sp³-hybridized carbons (Fsp3) is 0.160. The number of methoxy groups -OCH3 is 1. The Kier molecular flexibility index (Phi) is 8.10. The molecule has 186 valence electrons. The number of benzene rings is 3. The third-order valence-corrected chi connectivity index (χ3v) is 7.27. The summed E-state index contributed by atoms with van der Waals surface area (Å²) in [5.74, 6) is 0.398. The minimum atomic E-state index is -4.10. The Hall–Kier alpha value is -3.17. The topological polar surface area (TPSA) is 110 Å². The molecule has 1 unspecified atom stereocenters. The Morgan fingerprint density at radius 1 is 1.08 bits per heavy atom. The van der Waals surface area contributed by atoms with Crippen LogP contribution in [0.2, 0.25) is 5.02 Å². The van der Waals surface area contributed by atoms with Gasteiger partial charge in [0.1, 0.15) is 0 Å². The van der Waals surface area contributed by atoms with Crippen molar-refractivity contribution in [1.82, 2.24) is 5.01 Å². The first-order chi connectivity index (χ1) is 17.3. The monoisotopic (exact) mass is 589 g/mol. The summed E-state index contributed by atoms with van der Waals surface area (Å²) in [5, 5.41) is 6.91. The summed E-state index contributed by atoms with van der Waals surface area (Å²) >= 11 is 8.19. The predicted molar refractivity (Wildman–Crippen MR) is 145 cm³/mol. The number of ether oxygens (including phenoxy) is 1. The standard InChI is InChI=1S/C25H24ClN5O3SSe/c1-34-20-11-13-21(14-12-20)35(32,33)30-25(28-24(27)36)31-16-15-22(17-5-3-2-4-6-17)23(29-31)18-7-9-19(26)10-8-18/h2-14,22H,15-16H2,1H3,(H3,27,28,30,36). The second-order valence-corrected chi connectivity index (χ2v) is 10.9. The maximum atomic E-state index is 13.1. The number of rotatable bonds is 5. The van der Waals surface area contributed by atoms with Crippen molar-refractivity contribution in [3.63, 3.8) is 0 Å². The molecule has 36 heavy (non-hydrogen) atoms. The van der Waals surface area contributed by atoms with Crippen LogP contribution in [0.4, 0.5) is 0 Å². The molecule has 0 saturated heterocycles. The molecule has 0 spiro atoms. The van der Waals surface area contributed by atoms with Crippen LogP contribution in [-0.2, 0) is 10.0 Å². The number of amidine groups is 1. The number of hydrogen-bond donors (Lipinski definition) is 1. The average molecular weight is 589 g/mol. The SMILES string of the molecule is COc1ccc(S(=O)(=O)/N=C(/N=C(/N)[SeH])N2CCC(c3ccccc3)C(c3ccc(Cl)cc3)=N2)cc1. The summed E-state index contributed by atoms with van der Waals surface area (Å²) in [5.41, 5.74) is 8.53. The normalized spacial score (nSPS) is 17.0. The number of nitrogens with zero attached hydrogens (tertiary/aromatic N) is 4. The molecule has 11 heteroatoms. The zero-order valence-electron chi connectivity index (χ0n) is 19.3. The van der Waals surface area contributed by atoms with Crippen LogP contribution in [0.25, 0.3) is 0 Å². The van der Waals surface area contributed by atoms with Crippen LogP contribution in [0, 0.1) is 0 Å². The number of sulfonamides is 1. The molecule has 1 aliphatic rings. The van der Waals surface area contributed by atoms with E-state index in [4.69, 9.17) is 27.2 Å². The van der Waals surface area contributed by atoms with E-state index >= 15 is 0 Å². The average Bonchev–Trinajstić information content (AvgIpc) is 2.88. The Labute approximate surface area is 223 Å². The van der Waals surface area contributed by atoms with Gasteiger partial charge in [-0.2, -0.15) is 0 Å². The quantitative estimate of drug-likeness (QED) is 0.279. The summed E-state index contributed by atoms with van der Waals surface area (Å²) < 4.78 is 35.4. The van der Waals surface area contributed by atoms with E-state index in [0.717, 1.165) is 16.8 Å². The van der Waals surface area contributed by atoms with Crippen LogP contribution in [0.5, 0.6) is 5.75 Å². The molecule has 1 heterocycles. The van der Waals surface area contributed by atoms with Crippen molar-refractivity contribution in [3.8, 4) is 5.75 Å². The first-order valence-electron chi connectivity index (χ1n) is 11.0. The molecule has 3 aromatic carbocycles. The van der Waals surface area contributed by atoms with E-state index in [9.17, 15) is 8.42 Å². The van der Waals surface area contributed by atoms with Gasteiger partial charge in [0.25, 0.3) is 0 Å². The Bertz CT molecular complexity index is 1410. The molecule has 1 aliphatic heterocycles. The van der Waals surface area contributed by atoms with Crippen LogP contribution in [0.3, 0.4) is 0 Å². The molecular formula is C25H24ClN5O3SSe. The summed E-state index contributed by atoms with van der Waals surface area (Å²) in [7, 11) is -2.59. The summed E-state index contributed by atoms with van der Waals surface area (Å²) in [6.45, 7) is 0.386. The Morgan fingerprint density at radius 2 is 1.75 bits per heavy atom. The molecule has 0 fully saturated rings.